The molecule has 1 fully saturated rings. The summed E-state index contributed by atoms with van der Waals surface area (Å²) in [7, 11) is 0. The molecule has 0 spiro atoms. The molecule has 12 heavy (non-hydrogen) atoms. The lowest BCUT2D eigenvalue weighted by molar-refractivity contribution is 0.308. The zero-order valence-corrected chi connectivity index (χ0v) is 7.44. The quantitative estimate of drug-likeness (QED) is 0.661. The van der Waals surface area contributed by atoms with Crippen molar-refractivity contribution >= 4 is 11.6 Å². The van der Waals surface area contributed by atoms with Gasteiger partial charge in [-0.05, 0) is 30.5 Å². The van der Waals surface area contributed by atoms with Gasteiger partial charge in [-0.1, -0.05) is 23.7 Å². The van der Waals surface area contributed by atoms with E-state index in [0.29, 0.717) is 11.4 Å². The molecule has 1 aromatic carbocycles. The van der Waals surface area contributed by atoms with E-state index in [0.717, 1.165) is 18.4 Å². The van der Waals surface area contributed by atoms with Crippen LogP contribution in [0.15, 0.2) is 24.3 Å². The molecule has 1 saturated carbocycles. The minimum Gasteiger partial charge on any atom is -0.244 e. The molecule has 0 heterocycles. The van der Waals surface area contributed by atoms with Gasteiger partial charge in [0.25, 0.3) is 0 Å². The van der Waals surface area contributed by atoms with Crippen LogP contribution in [-0.4, -0.2) is 5.67 Å². The third-order valence-corrected chi connectivity index (χ3v) is 2.48. The number of rotatable bonds is 2. The van der Waals surface area contributed by atoms with Gasteiger partial charge in [-0.2, -0.15) is 0 Å². The van der Waals surface area contributed by atoms with Crippen LogP contribution in [0, 0.1) is 0 Å². The van der Waals surface area contributed by atoms with Gasteiger partial charge in [0.2, 0.25) is 0 Å². The summed E-state index contributed by atoms with van der Waals surface area (Å²) in [6, 6.07) is 7.40. The van der Waals surface area contributed by atoms with Crippen molar-refractivity contribution in [2.24, 2.45) is 0 Å². The van der Waals surface area contributed by atoms with Gasteiger partial charge >= 0.3 is 0 Å². The third-order valence-electron chi connectivity index (χ3n) is 2.23. The Morgan fingerprint density at radius 3 is 2.33 bits per heavy atom. The van der Waals surface area contributed by atoms with E-state index in [1.807, 2.05) is 24.3 Å². The highest BCUT2D eigenvalue weighted by Crippen LogP contribution is 2.42. The molecule has 2 heteroatoms. The van der Waals surface area contributed by atoms with Gasteiger partial charge in [0.05, 0.1) is 0 Å². The second-order valence-electron chi connectivity index (χ2n) is 3.45. The lowest BCUT2D eigenvalue weighted by Gasteiger charge is -2.03. The molecule has 0 bridgehead atoms. The molecule has 1 aliphatic carbocycles. The zero-order valence-electron chi connectivity index (χ0n) is 6.69. The fourth-order valence-corrected chi connectivity index (χ4v) is 1.41. The van der Waals surface area contributed by atoms with E-state index in [4.69, 9.17) is 11.6 Å². The molecule has 0 amide bonds. The minimum absolute atomic E-state index is 0.546. The molecule has 0 saturated heterocycles. The number of benzene rings is 1. The minimum atomic E-state index is -0.895. The lowest BCUT2D eigenvalue weighted by atomic mass is 10.1. The summed E-state index contributed by atoms with van der Waals surface area (Å²) in [5.41, 5.74) is 0.146. The maximum absolute atomic E-state index is 13.3. The second kappa shape index (κ2) is 2.74. The van der Waals surface area contributed by atoms with E-state index in [1.54, 1.807) is 0 Å². The van der Waals surface area contributed by atoms with Crippen molar-refractivity contribution in [3.8, 4) is 0 Å². The van der Waals surface area contributed by atoms with Crippen molar-refractivity contribution in [1.82, 2.24) is 0 Å². The third kappa shape index (κ3) is 1.78. The maximum atomic E-state index is 13.3. The molecule has 0 radical (unpaired) electrons. The Morgan fingerprint density at radius 2 is 1.83 bits per heavy atom. The normalized spacial score (nSPS) is 19.2. The molecule has 0 N–H and O–H groups in total. The van der Waals surface area contributed by atoms with Gasteiger partial charge in [0.1, 0.15) is 5.67 Å². The van der Waals surface area contributed by atoms with Crippen LogP contribution >= 0.6 is 11.6 Å². The predicted molar refractivity (Wildman–Crippen MR) is 48.2 cm³/mol. The fraction of sp³-hybridized carbons (Fsp3) is 0.400. The highest BCUT2D eigenvalue weighted by atomic mass is 35.5. The van der Waals surface area contributed by atoms with Gasteiger partial charge < -0.3 is 0 Å². The monoisotopic (exact) mass is 184 g/mol. The SMILES string of the molecule is FC1(Cc2ccc(Cl)cc2)CC1. The Kier molecular flexibility index (Phi) is 1.84. The van der Waals surface area contributed by atoms with Crippen LogP contribution < -0.4 is 0 Å². The highest BCUT2D eigenvalue weighted by Gasteiger charge is 2.42. The summed E-state index contributed by atoms with van der Waals surface area (Å²) in [4.78, 5) is 0. The molecular weight excluding hydrogens is 175 g/mol. The van der Waals surface area contributed by atoms with Crippen molar-refractivity contribution in [3.05, 3.63) is 34.9 Å². The van der Waals surface area contributed by atoms with E-state index in [9.17, 15) is 4.39 Å². The van der Waals surface area contributed by atoms with E-state index in [2.05, 4.69) is 0 Å². The molecule has 1 aliphatic rings. The molecule has 1 aromatic rings. The zero-order chi connectivity index (χ0) is 8.60. The summed E-state index contributed by atoms with van der Waals surface area (Å²) in [6.45, 7) is 0. The smallest absolute Gasteiger partial charge is 0.115 e. The van der Waals surface area contributed by atoms with Gasteiger partial charge in [-0.25, -0.2) is 4.39 Å². The Balaban J connectivity index is 2.08. The molecule has 0 aliphatic heterocycles. The van der Waals surface area contributed by atoms with Crippen LogP contribution in [0.1, 0.15) is 18.4 Å². The summed E-state index contributed by atoms with van der Waals surface area (Å²) < 4.78 is 13.3. The van der Waals surface area contributed by atoms with Crippen LogP contribution in [0.25, 0.3) is 0 Å². The van der Waals surface area contributed by atoms with Crippen LogP contribution in [0.3, 0.4) is 0 Å². The summed E-state index contributed by atoms with van der Waals surface area (Å²) >= 11 is 5.70. The van der Waals surface area contributed by atoms with Crippen molar-refractivity contribution in [2.75, 3.05) is 0 Å². The van der Waals surface area contributed by atoms with Crippen LogP contribution in [-0.2, 0) is 6.42 Å². The average molecular weight is 185 g/mol. The number of alkyl halides is 1. The molecule has 0 nitrogen and oxygen atoms in total. The van der Waals surface area contributed by atoms with Gasteiger partial charge in [0, 0.05) is 11.4 Å². The largest absolute Gasteiger partial charge is 0.244 e. The Bertz CT molecular complexity index is 274. The van der Waals surface area contributed by atoms with Gasteiger partial charge in [-0.3, -0.25) is 0 Å². The first-order valence-corrected chi connectivity index (χ1v) is 4.49. The topological polar surface area (TPSA) is 0 Å². The second-order valence-corrected chi connectivity index (χ2v) is 3.89. The Hall–Kier alpha value is -0.560. The van der Waals surface area contributed by atoms with E-state index >= 15 is 0 Å². The summed E-state index contributed by atoms with van der Waals surface area (Å²) in [5, 5.41) is 0.711. The van der Waals surface area contributed by atoms with Crippen molar-refractivity contribution in [3.63, 3.8) is 0 Å². The van der Waals surface area contributed by atoms with Crippen molar-refractivity contribution in [1.29, 1.82) is 0 Å². The summed E-state index contributed by atoms with van der Waals surface area (Å²) in [5.74, 6) is 0. The molecule has 64 valence electrons. The molecule has 0 aromatic heterocycles. The van der Waals surface area contributed by atoms with E-state index in [1.165, 1.54) is 0 Å². The average Bonchev–Trinajstić information content (AvgIpc) is 2.74. The van der Waals surface area contributed by atoms with Gasteiger partial charge in [-0.15, -0.1) is 0 Å². The van der Waals surface area contributed by atoms with E-state index < -0.39 is 5.67 Å². The van der Waals surface area contributed by atoms with Crippen LogP contribution in [0.4, 0.5) is 4.39 Å². The van der Waals surface area contributed by atoms with Gasteiger partial charge in [0.15, 0.2) is 0 Å². The summed E-state index contributed by atoms with van der Waals surface area (Å²) in [6.07, 6.45) is 1.98. The first-order chi connectivity index (χ1) is 5.68. The number of halogens is 2. The molecular formula is C10H10ClF. The Labute approximate surface area is 76.4 Å². The maximum Gasteiger partial charge on any atom is 0.115 e. The van der Waals surface area contributed by atoms with Crippen molar-refractivity contribution < 1.29 is 4.39 Å². The number of hydrogen-bond donors (Lipinski definition) is 0. The molecule has 0 unspecified atom stereocenters. The highest BCUT2D eigenvalue weighted by molar-refractivity contribution is 6.30. The van der Waals surface area contributed by atoms with Crippen LogP contribution in [0.5, 0.6) is 0 Å². The predicted octanol–water partition coefficient (Wildman–Crippen LogP) is 3.38. The Morgan fingerprint density at radius 1 is 1.25 bits per heavy atom. The first-order valence-electron chi connectivity index (χ1n) is 4.11. The number of hydrogen-bond acceptors (Lipinski definition) is 0. The molecule has 2 rings (SSSR count). The standard InChI is InChI=1S/C10H10ClF/c11-9-3-1-8(2-4-9)7-10(12)5-6-10/h1-4H,5-7H2. The fourth-order valence-electron chi connectivity index (χ4n) is 1.28. The molecule has 0 atom stereocenters. The van der Waals surface area contributed by atoms with Crippen molar-refractivity contribution in [2.45, 2.75) is 24.9 Å². The first kappa shape index (κ1) is 8.06. The van der Waals surface area contributed by atoms with E-state index in [-0.39, 0.29) is 0 Å². The lowest BCUT2D eigenvalue weighted by Crippen LogP contribution is -2.03. The van der Waals surface area contributed by atoms with Crippen LogP contribution in [0.2, 0.25) is 5.02 Å².